The smallest absolute Gasteiger partial charge is 0.417 e. The highest BCUT2D eigenvalue weighted by atomic mass is 32.2. The molecule has 2 N–H and O–H groups in total. The topological polar surface area (TPSA) is 109 Å². The number of nitrogens with one attached hydrogen (secondary N) is 2. The first kappa shape index (κ1) is 24.8. The van der Waals surface area contributed by atoms with Crippen LogP contribution in [0.2, 0.25) is 0 Å². The first-order valence-corrected chi connectivity index (χ1v) is 11.1. The van der Waals surface area contributed by atoms with E-state index in [1.54, 1.807) is 18.2 Å². The van der Waals surface area contributed by atoms with Crippen molar-refractivity contribution >= 4 is 27.3 Å². The van der Waals surface area contributed by atoms with Gasteiger partial charge in [0.25, 0.3) is 21.5 Å². The number of amides is 1. The average Bonchev–Trinajstić information content (AvgIpc) is 2.79. The number of pyridine rings is 1. The molecule has 34 heavy (non-hydrogen) atoms. The molecule has 2 aromatic carbocycles. The third-order valence-electron chi connectivity index (χ3n) is 5.02. The zero-order chi connectivity index (χ0) is 25.3. The number of rotatable bonds is 6. The summed E-state index contributed by atoms with van der Waals surface area (Å²) in [5.41, 5.74) is -2.26. The number of carbonyl (C=O) groups is 1. The van der Waals surface area contributed by atoms with Crippen molar-refractivity contribution in [1.82, 2.24) is 4.98 Å². The van der Waals surface area contributed by atoms with Gasteiger partial charge in [0, 0.05) is 18.8 Å². The van der Waals surface area contributed by atoms with Crippen LogP contribution in [0.4, 0.5) is 24.5 Å². The average molecular weight is 495 g/mol. The molecule has 8 nitrogen and oxygen atoms in total. The quantitative estimate of drug-likeness (QED) is 0.541. The first-order chi connectivity index (χ1) is 15.9. The van der Waals surface area contributed by atoms with E-state index in [1.807, 2.05) is 4.98 Å². The van der Waals surface area contributed by atoms with Crippen LogP contribution in [0, 0.1) is 6.92 Å². The molecule has 1 aromatic heterocycles. The highest BCUT2D eigenvalue weighted by Gasteiger charge is 2.32. The second-order valence-electron chi connectivity index (χ2n) is 7.20. The van der Waals surface area contributed by atoms with E-state index < -0.39 is 38.9 Å². The van der Waals surface area contributed by atoms with Crippen molar-refractivity contribution < 1.29 is 31.1 Å². The molecule has 3 rings (SSSR count). The molecular formula is C22H20F3N3O5S. The number of aryl methyl sites for hydroxylation is 1. The molecule has 1 amide bonds. The fourth-order valence-corrected chi connectivity index (χ4v) is 4.35. The van der Waals surface area contributed by atoms with Gasteiger partial charge in [0.05, 0.1) is 23.3 Å². The minimum atomic E-state index is -4.74. The maximum absolute atomic E-state index is 13.2. The zero-order valence-corrected chi connectivity index (χ0v) is 19.0. The van der Waals surface area contributed by atoms with Gasteiger partial charge in [-0.25, -0.2) is 8.42 Å². The van der Waals surface area contributed by atoms with Crippen LogP contribution in [0.5, 0.6) is 5.75 Å². The molecule has 0 aliphatic carbocycles. The number of anilines is 2. The molecule has 0 spiro atoms. The van der Waals surface area contributed by atoms with Crippen LogP contribution in [0.1, 0.15) is 21.5 Å². The minimum Gasteiger partial charge on any atom is -0.495 e. The summed E-state index contributed by atoms with van der Waals surface area (Å²) in [7, 11) is -1.44. The number of aromatic amines is 1. The molecule has 180 valence electrons. The van der Waals surface area contributed by atoms with E-state index >= 15 is 0 Å². The summed E-state index contributed by atoms with van der Waals surface area (Å²) in [4.78, 5) is 26.4. The fraction of sp³-hybridized carbons (Fsp3) is 0.182. The molecule has 0 saturated carbocycles. The Kier molecular flexibility index (Phi) is 6.73. The van der Waals surface area contributed by atoms with Crippen LogP contribution in [0.15, 0.2) is 64.4 Å². The number of aromatic nitrogens is 1. The first-order valence-electron chi connectivity index (χ1n) is 9.70. The van der Waals surface area contributed by atoms with Crippen molar-refractivity contribution in [3.05, 3.63) is 81.8 Å². The Morgan fingerprint density at radius 2 is 1.79 bits per heavy atom. The van der Waals surface area contributed by atoms with Crippen LogP contribution < -0.4 is 19.9 Å². The van der Waals surface area contributed by atoms with Gasteiger partial charge in [0.2, 0.25) is 0 Å². The normalized spacial score (nSPS) is 11.7. The van der Waals surface area contributed by atoms with Gasteiger partial charge in [-0.05, 0) is 42.8 Å². The minimum absolute atomic E-state index is 0.133. The maximum atomic E-state index is 13.2. The van der Waals surface area contributed by atoms with E-state index in [0.717, 1.165) is 10.4 Å². The predicted octanol–water partition coefficient (Wildman–Crippen LogP) is 3.79. The number of carbonyl (C=O) groups excluding carboxylic acids is 1. The van der Waals surface area contributed by atoms with E-state index in [1.165, 1.54) is 39.3 Å². The Balaban J connectivity index is 1.98. The van der Waals surface area contributed by atoms with Gasteiger partial charge in [0.1, 0.15) is 11.4 Å². The van der Waals surface area contributed by atoms with Crippen LogP contribution in [0.25, 0.3) is 0 Å². The Bertz CT molecular complexity index is 1400. The predicted molar refractivity (Wildman–Crippen MR) is 120 cm³/mol. The van der Waals surface area contributed by atoms with Gasteiger partial charge >= 0.3 is 6.18 Å². The summed E-state index contributed by atoms with van der Waals surface area (Å²) in [5.74, 6) is -0.637. The summed E-state index contributed by atoms with van der Waals surface area (Å²) in [6.07, 6.45) is -4.25. The van der Waals surface area contributed by atoms with Gasteiger partial charge in [-0.1, -0.05) is 18.2 Å². The van der Waals surface area contributed by atoms with E-state index in [4.69, 9.17) is 4.74 Å². The Hall–Kier alpha value is -3.80. The number of nitrogens with zero attached hydrogens (tertiary/aromatic N) is 1. The molecule has 0 aliphatic heterocycles. The number of halogens is 3. The summed E-state index contributed by atoms with van der Waals surface area (Å²) >= 11 is 0. The maximum Gasteiger partial charge on any atom is 0.417 e. The van der Waals surface area contributed by atoms with Crippen LogP contribution in [0.3, 0.4) is 0 Å². The second-order valence-corrected chi connectivity index (χ2v) is 9.17. The lowest BCUT2D eigenvalue weighted by atomic mass is 10.1. The van der Waals surface area contributed by atoms with Crippen LogP contribution in [-0.2, 0) is 16.2 Å². The van der Waals surface area contributed by atoms with Gasteiger partial charge in [-0.3, -0.25) is 13.9 Å². The Morgan fingerprint density at radius 1 is 1.12 bits per heavy atom. The number of hydrogen-bond acceptors (Lipinski definition) is 5. The van der Waals surface area contributed by atoms with Crippen LogP contribution in [-0.4, -0.2) is 33.5 Å². The molecular weight excluding hydrogens is 475 g/mol. The van der Waals surface area contributed by atoms with E-state index in [9.17, 15) is 31.2 Å². The van der Waals surface area contributed by atoms with Gasteiger partial charge in [-0.15, -0.1) is 0 Å². The molecule has 0 bridgehead atoms. The van der Waals surface area contributed by atoms with Gasteiger partial charge in [0.15, 0.2) is 0 Å². The standard InChI is InChI=1S/C22H20F3N3O5S/c1-13-8-9-15(34(31,32)28(2)18-6-4-5-7-19(18)33-3)11-16(13)20(29)27-17-10-14(22(23,24)25)12-26-21(17)30/h4-12H,1-3H3,(H,26,30)(H,27,29). The fourth-order valence-electron chi connectivity index (χ4n) is 3.11. The summed E-state index contributed by atoms with van der Waals surface area (Å²) in [5, 5.41) is 2.13. The lowest BCUT2D eigenvalue weighted by Crippen LogP contribution is -2.27. The molecule has 0 unspecified atom stereocenters. The molecule has 3 aromatic rings. The zero-order valence-electron chi connectivity index (χ0n) is 18.2. The highest BCUT2D eigenvalue weighted by molar-refractivity contribution is 7.92. The van der Waals surface area contributed by atoms with Gasteiger partial charge in [-0.2, -0.15) is 13.2 Å². The van der Waals surface area contributed by atoms with E-state index in [-0.39, 0.29) is 16.1 Å². The number of alkyl halides is 3. The monoisotopic (exact) mass is 495 g/mol. The lowest BCUT2D eigenvalue weighted by molar-refractivity contribution is -0.137. The van der Waals surface area contributed by atoms with Crippen molar-refractivity contribution in [2.75, 3.05) is 23.8 Å². The number of hydrogen-bond donors (Lipinski definition) is 2. The summed E-state index contributed by atoms with van der Waals surface area (Å²) in [6.45, 7) is 1.52. The molecule has 0 fully saturated rings. The van der Waals surface area contributed by atoms with Crippen molar-refractivity contribution in [3.63, 3.8) is 0 Å². The van der Waals surface area contributed by atoms with Crippen molar-refractivity contribution in [2.45, 2.75) is 18.0 Å². The third-order valence-corrected chi connectivity index (χ3v) is 6.78. The second kappa shape index (κ2) is 9.21. The SMILES string of the molecule is COc1ccccc1N(C)S(=O)(=O)c1ccc(C)c(C(=O)Nc2cc(C(F)(F)F)c[nH]c2=O)c1. The van der Waals surface area contributed by atoms with E-state index in [0.29, 0.717) is 23.6 Å². The number of H-pyrrole nitrogens is 1. The summed E-state index contributed by atoms with van der Waals surface area (Å²) in [6, 6.07) is 10.7. The number of benzene rings is 2. The Morgan fingerprint density at radius 3 is 2.44 bits per heavy atom. The van der Waals surface area contributed by atoms with Gasteiger partial charge < -0.3 is 15.0 Å². The number of para-hydroxylation sites is 2. The molecule has 12 heteroatoms. The van der Waals surface area contributed by atoms with E-state index in [2.05, 4.69) is 5.32 Å². The van der Waals surface area contributed by atoms with Crippen LogP contribution >= 0.6 is 0 Å². The molecule has 0 radical (unpaired) electrons. The van der Waals surface area contributed by atoms with Crippen molar-refractivity contribution in [3.8, 4) is 5.75 Å². The number of sulfonamides is 1. The Labute approximate surface area is 193 Å². The largest absolute Gasteiger partial charge is 0.495 e. The summed E-state index contributed by atoms with van der Waals surface area (Å²) < 4.78 is 71.5. The number of ether oxygens (including phenoxy) is 1. The number of methoxy groups -OCH3 is 1. The lowest BCUT2D eigenvalue weighted by Gasteiger charge is -2.22. The van der Waals surface area contributed by atoms with Crippen molar-refractivity contribution in [2.24, 2.45) is 0 Å². The molecule has 1 heterocycles. The van der Waals surface area contributed by atoms with Crippen molar-refractivity contribution in [1.29, 1.82) is 0 Å². The highest BCUT2D eigenvalue weighted by Crippen LogP contribution is 2.32. The molecule has 0 saturated heterocycles. The molecule has 0 aliphatic rings. The molecule has 0 atom stereocenters. The third kappa shape index (κ3) is 4.91.